The summed E-state index contributed by atoms with van der Waals surface area (Å²) >= 11 is 6.12. The third kappa shape index (κ3) is 4.43. The quantitative estimate of drug-likeness (QED) is 0.289. The van der Waals surface area contributed by atoms with Gasteiger partial charge in [0, 0.05) is 27.3 Å². The van der Waals surface area contributed by atoms with Crippen molar-refractivity contribution in [2.24, 2.45) is 0 Å². The van der Waals surface area contributed by atoms with Crippen molar-refractivity contribution in [1.82, 2.24) is 15.2 Å². The second-order valence-electron chi connectivity index (χ2n) is 5.98. The molecule has 0 aliphatic rings. The average molecular weight is 477 g/mol. The summed E-state index contributed by atoms with van der Waals surface area (Å²) in [5.41, 5.74) is 2.50. The molecule has 2 aromatic heterocycles. The highest BCUT2D eigenvalue weighted by atomic mass is 79.9. The summed E-state index contributed by atoms with van der Waals surface area (Å²) < 4.78 is 15.3. The third-order valence-corrected chi connectivity index (χ3v) is 6.56. The molecule has 5 nitrogen and oxygen atoms in total. The van der Waals surface area contributed by atoms with Crippen LogP contribution >= 0.6 is 39.0 Å². The monoisotopic (exact) mass is 476 g/mol. The van der Waals surface area contributed by atoms with Crippen molar-refractivity contribution in [2.45, 2.75) is 16.5 Å². The van der Waals surface area contributed by atoms with Gasteiger partial charge in [-0.25, -0.2) is 4.39 Å². The van der Waals surface area contributed by atoms with Gasteiger partial charge in [0.2, 0.25) is 11.0 Å². The first-order chi connectivity index (χ1) is 13.6. The van der Waals surface area contributed by atoms with E-state index in [1.165, 1.54) is 29.2 Å². The maximum absolute atomic E-state index is 13.7. The Morgan fingerprint density at radius 1 is 1.21 bits per heavy atom. The van der Waals surface area contributed by atoms with Crippen LogP contribution in [0.4, 0.5) is 9.52 Å². The standard InChI is InChI=1S/C19H14BrFN4OS2/c20-13-5-6-16-14(8-13)12(9-22-16)7-17(26)23-18-24-25-19(28-18)27-10-11-3-1-2-4-15(11)21/h1-6,8-9,22H,7,10H2,(H,23,24,26). The molecule has 0 radical (unpaired) electrons. The van der Waals surface area contributed by atoms with Crippen LogP contribution < -0.4 is 5.32 Å². The predicted octanol–water partition coefficient (Wildman–Crippen LogP) is 5.39. The van der Waals surface area contributed by atoms with E-state index in [0.717, 1.165) is 20.9 Å². The van der Waals surface area contributed by atoms with E-state index < -0.39 is 0 Å². The fourth-order valence-electron chi connectivity index (χ4n) is 2.71. The lowest BCUT2D eigenvalue weighted by Crippen LogP contribution is -2.14. The maximum atomic E-state index is 13.7. The fraction of sp³-hybridized carbons (Fsp3) is 0.105. The van der Waals surface area contributed by atoms with Crippen molar-refractivity contribution < 1.29 is 9.18 Å². The fourth-order valence-corrected chi connectivity index (χ4v) is 4.82. The van der Waals surface area contributed by atoms with Crippen molar-refractivity contribution in [2.75, 3.05) is 5.32 Å². The lowest BCUT2D eigenvalue weighted by Gasteiger charge is -2.01. The lowest BCUT2D eigenvalue weighted by atomic mass is 10.1. The number of nitrogens with zero attached hydrogens (tertiary/aromatic N) is 2. The van der Waals surface area contributed by atoms with E-state index in [9.17, 15) is 9.18 Å². The minimum Gasteiger partial charge on any atom is -0.361 e. The van der Waals surface area contributed by atoms with Gasteiger partial charge < -0.3 is 10.3 Å². The van der Waals surface area contributed by atoms with Gasteiger partial charge in [-0.2, -0.15) is 0 Å². The van der Waals surface area contributed by atoms with E-state index in [1.54, 1.807) is 18.2 Å². The van der Waals surface area contributed by atoms with Gasteiger partial charge in [-0.05, 0) is 35.4 Å². The van der Waals surface area contributed by atoms with Gasteiger partial charge in [0.25, 0.3) is 0 Å². The van der Waals surface area contributed by atoms with Crippen LogP contribution in [-0.2, 0) is 17.0 Å². The topological polar surface area (TPSA) is 70.7 Å². The number of hydrogen-bond acceptors (Lipinski definition) is 5. The van der Waals surface area contributed by atoms with Gasteiger partial charge in [0.15, 0.2) is 4.34 Å². The normalized spacial score (nSPS) is 11.1. The molecule has 0 aliphatic carbocycles. The predicted molar refractivity (Wildman–Crippen MR) is 114 cm³/mol. The van der Waals surface area contributed by atoms with Crippen molar-refractivity contribution in [3.8, 4) is 0 Å². The number of anilines is 1. The number of aromatic amines is 1. The summed E-state index contributed by atoms with van der Waals surface area (Å²) in [4.78, 5) is 15.6. The molecule has 0 saturated heterocycles. The van der Waals surface area contributed by atoms with E-state index in [4.69, 9.17) is 0 Å². The molecule has 0 unspecified atom stereocenters. The van der Waals surface area contributed by atoms with Crippen LogP contribution in [0.1, 0.15) is 11.1 Å². The number of nitrogens with one attached hydrogen (secondary N) is 2. The third-order valence-electron chi connectivity index (χ3n) is 4.04. The van der Waals surface area contributed by atoms with E-state index in [2.05, 4.69) is 36.4 Å². The summed E-state index contributed by atoms with van der Waals surface area (Å²) in [6.45, 7) is 0. The molecule has 4 aromatic rings. The van der Waals surface area contributed by atoms with Crippen LogP contribution in [0.15, 0.2) is 57.5 Å². The number of H-pyrrole nitrogens is 1. The van der Waals surface area contributed by atoms with Crippen molar-refractivity contribution in [3.63, 3.8) is 0 Å². The van der Waals surface area contributed by atoms with Crippen molar-refractivity contribution in [1.29, 1.82) is 0 Å². The minimum absolute atomic E-state index is 0.164. The Bertz CT molecular complexity index is 1140. The summed E-state index contributed by atoms with van der Waals surface area (Å²) in [6.07, 6.45) is 2.07. The molecule has 0 bridgehead atoms. The highest BCUT2D eigenvalue weighted by Gasteiger charge is 2.13. The molecule has 0 aliphatic heterocycles. The van der Waals surface area contributed by atoms with E-state index >= 15 is 0 Å². The molecule has 2 N–H and O–H groups in total. The number of benzene rings is 2. The largest absolute Gasteiger partial charge is 0.361 e. The maximum Gasteiger partial charge on any atom is 0.230 e. The minimum atomic E-state index is -0.238. The number of rotatable bonds is 6. The number of carbonyl (C=O) groups is 1. The second kappa shape index (κ2) is 8.42. The zero-order valence-electron chi connectivity index (χ0n) is 14.4. The number of halogens is 2. The molecule has 9 heteroatoms. The van der Waals surface area contributed by atoms with Gasteiger partial charge in [-0.15, -0.1) is 10.2 Å². The Morgan fingerprint density at radius 2 is 2.07 bits per heavy atom. The lowest BCUT2D eigenvalue weighted by molar-refractivity contribution is -0.115. The highest BCUT2D eigenvalue weighted by molar-refractivity contribution is 9.10. The summed E-state index contributed by atoms with van der Waals surface area (Å²) in [7, 11) is 0. The van der Waals surface area contributed by atoms with E-state index in [0.29, 0.717) is 20.8 Å². The van der Waals surface area contributed by atoms with E-state index in [-0.39, 0.29) is 18.1 Å². The van der Waals surface area contributed by atoms with Gasteiger partial charge in [-0.1, -0.05) is 57.2 Å². The van der Waals surface area contributed by atoms with Crippen LogP contribution in [-0.4, -0.2) is 21.1 Å². The summed E-state index contributed by atoms with van der Waals surface area (Å²) in [5, 5.41) is 12.3. The number of carbonyl (C=O) groups excluding carboxylic acids is 1. The Kier molecular flexibility index (Phi) is 5.74. The highest BCUT2D eigenvalue weighted by Crippen LogP contribution is 2.29. The molecule has 0 spiro atoms. The van der Waals surface area contributed by atoms with Crippen LogP contribution in [0, 0.1) is 5.82 Å². The molecule has 0 atom stereocenters. The smallest absolute Gasteiger partial charge is 0.230 e. The molecular formula is C19H14BrFN4OS2. The van der Waals surface area contributed by atoms with Gasteiger partial charge in [-0.3, -0.25) is 4.79 Å². The van der Waals surface area contributed by atoms with Crippen LogP contribution in [0.5, 0.6) is 0 Å². The Morgan fingerprint density at radius 3 is 2.93 bits per heavy atom. The molecule has 28 heavy (non-hydrogen) atoms. The molecule has 142 valence electrons. The Hall–Kier alpha value is -2.23. The summed E-state index contributed by atoms with van der Waals surface area (Å²) in [5.74, 6) is 0.0560. The first-order valence-corrected chi connectivity index (χ1v) is 10.9. The van der Waals surface area contributed by atoms with Crippen molar-refractivity contribution >= 4 is 61.0 Å². The van der Waals surface area contributed by atoms with Crippen LogP contribution in [0.2, 0.25) is 0 Å². The number of aromatic nitrogens is 3. The van der Waals surface area contributed by atoms with Crippen LogP contribution in [0.25, 0.3) is 10.9 Å². The molecule has 1 amide bonds. The average Bonchev–Trinajstić information content (AvgIpc) is 3.28. The molecule has 2 aromatic carbocycles. The zero-order chi connectivity index (χ0) is 19.5. The molecule has 0 fully saturated rings. The first-order valence-electron chi connectivity index (χ1n) is 8.33. The molecular weight excluding hydrogens is 463 g/mol. The number of amides is 1. The molecule has 4 rings (SSSR count). The van der Waals surface area contributed by atoms with E-state index in [1.807, 2.05) is 24.4 Å². The zero-order valence-corrected chi connectivity index (χ0v) is 17.6. The Labute approximate surface area is 176 Å². The summed E-state index contributed by atoms with van der Waals surface area (Å²) in [6, 6.07) is 12.5. The SMILES string of the molecule is O=C(Cc1c[nH]c2ccc(Br)cc12)Nc1nnc(SCc2ccccc2F)s1. The molecule has 0 saturated carbocycles. The van der Waals surface area contributed by atoms with Gasteiger partial charge in [0.1, 0.15) is 5.82 Å². The van der Waals surface area contributed by atoms with Crippen LogP contribution in [0.3, 0.4) is 0 Å². The Balaban J connectivity index is 1.37. The first kappa shape index (κ1) is 19.1. The second-order valence-corrected chi connectivity index (χ2v) is 9.10. The number of thioether (sulfide) groups is 1. The van der Waals surface area contributed by atoms with Crippen molar-refractivity contribution in [3.05, 3.63) is 70.1 Å². The molecule has 2 heterocycles. The van der Waals surface area contributed by atoms with Gasteiger partial charge >= 0.3 is 0 Å². The number of hydrogen-bond donors (Lipinski definition) is 2. The van der Waals surface area contributed by atoms with Gasteiger partial charge in [0.05, 0.1) is 6.42 Å². The number of fused-ring (bicyclic) bond motifs is 1.